The summed E-state index contributed by atoms with van der Waals surface area (Å²) < 4.78 is 5.54. The first-order valence-electron chi connectivity index (χ1n) is 10.5. The second-order valence-corrected chi connectivity index (χ2v) is 8.24. The summed E-state index contributed by atoms with van der Waals surface area (Å²) in [7, 11) is 5.59. The Morgan fingerprint density at radius 1 is 1.28 bits per heavy atom. The number of ether oxygens (including phenoxy) is 1. The molecule has 2 fully saturated rings. The molecule has 2 aromatic rings. The number of aromatic nitrogens is 4. The third-order valence-corrected chi connectivity index (χ3v) is 6.17. The largest absolute Gasteiger partial charge is 0.381 e. The normalized spacial score (nSPS) is 24.7. The van der Waals surface area contributed by atoms with E-state index in [0.29, 0.717) is 5.95 Å². The third kappa shape index (κ3) is 3.99. The van der Waals surface area contributed by atoms with Crippen LogP contribution in [0.15, 0.2) is 18.5 Å². The van der Waals surface area contributed by atoms with Crippen molar-refractivity contribution in [3.8, 4) is 11.3 Å². The van der Waals surface area contributed by atoms with Crippen LogP contribution in [0.4, 0.5) is 5.95 Å². The van der Waals surface area contributed by atoms with Gasteiger partial charge in [-0.25, -0.2) is 9.97 Å². The van der Waals surface area contributed by atoms with Crippen LogP contribution >= 0.6 is 0 Å². The molecule has 0 unspecified atom stereocenters. The second kappa shape index (κ2) is 8.49. The highest BCUT2D eigenvalue weighted by Crippen LogP contribution is 2.38. The van der Waals surface area contributed by atoms with Gasteiger partial charge in [0.25, 0.3) is 0 Å². The van der Waals surface area contributed by atoms with Gasteiger partial charge in [0.15, 0.2) is 0 Å². The van der Waals surface area contributed by atoms with Crippen molar-refractivity contribution in [1.29, 1.82) is 0 Å². The van der Waals surface area contributed by atoms with E-state index in [-0.39, 0.29) is 24.0 Å². The molecule has 0 bridgehead atoms. The molecule has 2 aromatic heterocycles. The Labute approximate surface area is 171 Å². The summed E-state index contributed by atoms with van der Waals surface area (Å²) in [5, 5.41) is 7.45. The van der Waals surface area contributed by atoms with E-state index in [1.807, 2.05) is 30.0 Å². The van der Waals surface area contributed by atoms with Crippen LogP contribution in [0.3, 0.4) is 0 Å². The molecule has 1 aliphatic carbocycles. The van der Waals surface area contributed by atoms with Crippen molar-refractivity contribution in [3.05, 3.63) is 24.2 Å². The van der Waals surface area contributed by atoms with Crippen molar-refractivity contribution < 1.29 is 9.53 Å². The number of aromatic amines is 1. The maximum absolute atomic E-state index is 13.4. The van der Waals surface area contributed by atoms with Crippen molar-refractivity contribution in [2.45, 2.75) is 50.7 Å². The molecular weight excluding hydrogens is 368 g/mol. The molecule has 1 saturated heterocycles. The molecule has 2 aliphatic rings. The summed E-state index contributed by atoms with van der Waals surface area (Å²) in [5.74, 6) is 0.966. The first-order valence-corrected chi connectivity index (χ1v) is 10.5. The van der Waals surface area contributed by atoms with Crippen molar-refractivity contribution in [2.24, 2.45) is 5.92 Å². The third-order valence-electron chi connectivity index (χ3n) is 6.17. The molecule has 8 heteroatoms. The molecular formula is C21H30N6O2. The van der Waals surface area contributed by atoms with Crippen molar-refractivity contribution >= 4 is 11.9 Å². The fraction of sp³-hybridized carbons (Fsp3) is 0.619. The minimum absolute atomic E-state index is 0.0145. The van der Waals surface area contributed by atoms with E-state index < -0.39 is 0 Å². The maximum atomic E-state index is 13.4. The van der Waals surface area contributed by atoms with Crippen LogP contribution in [0.5, 0.6) is 0 Å². The van der Waals surface area contributed by atoms with E-state index in [1.165, 1.54) is 0 Å². The highest BCUT2D eigenvalue weighted by atomic mass is 16.5. The van der Waals surface area contributed by atoms with Crippen molar-refractivity contribution in [2.75, 3.05) is 32.6 Å². The molecule has 1 saturated carbocycles. The fourth-order valence-corrected chi connectivity index (χ4v) is 4.62. The zero-order chi connectivity index (χ0) is 20.4. The van der Waals surface area contributed by atoms with Gasteiger partial charge in [-0.2, -0.15) is 5.10 Å². The number of anilines is 1. The monoisotopic (exact) mass is 398 g/mol. The molecule has 3 heterocycles. The Morgan fingerprint density at radius 2 is 2.14 bits per heavy atom. The number of methoxy groups -OCH3 is 1. The van der Waals surface area contributed by atoms with E-state index in [2.05, 4.69) is 20.2 Å². The van der Waals surface area contributed by atoms with Gasteiger partial charge in [0.2, 0.25) is 11.9 Å². The summed E-state index contributed by atoms with van der Waals surface area (Å²) in [6, 6.07) is 1.91. The second-order valence-electron chi connectivity index (χ2n) is 8.24. The van der Waals surface area contributed by atoms with E-state index in [4.69, 9.17) is 4.74 Å². The van der Waals surface area contributed by atoms with Gasteiger partial charge >= 0.3 is 0 Å². The number of carbonyl (C=O) groups is 1. The van der Waals surface area contributed by atoms with Crippen LogP contribution in [0, 0.1) is 5.92 Å². The molecule has 1 amide bonds. The average Bonchev–Trinajstić information content (AvgIpc) is 3.42. The zero-order valence-corrected chi connectivity index (χ0v) is 17.5. The predicted molar refractivity (Wildman–Crippen MR) is 110 cm³/mol. The number of rotatable bonds is 5. The van der Waals surface area contributed by atoms with Crippen LogP contribution in [-0.2, 0) is 9.53 Å². The molecule has 156 valence electrons. The number of amides is 1. The summed E-state index contributed by atoms with van der Waals surface area (Å²) in [5.41, 5.74) is 2.74. The predicted octanol–water partition coefficient (Wildman–Crippen LogP) is 2.80. The molecule has 0 aromatic carbocycles. The van der Waals surface area contributed by atoms with E-state index >= 15 is 0 Å². The number of H-pyrrole nitrogens is 1. The quantitative estimate of drug-likeness (QED) is 0.833. The molecule has 0 spiro atoms. The molecule has 8 nitrogen and oxygen atoms in total. The SMILES string of the molecule is CO[C@@H]1CCC[C@@H](C(=O)N2CCC[C@@H]2c2[nH]ncc2-c2ccnc(N(C)C)n2)C1. The van der Waals surface area contributed by atoms with E-state index in [1.54, 1.807) is 19.5 Å². The lowest BCUT2D eigenvalue weighted by molar-refractivity contribution is -0.139. The van der Waals surface area contributed by atoms with Crippen molar-refractivity contribution in [1.82, 2.24) is 25.1 Å². The minimum atomic E-state index is 0.0145. The molecule has 3 atom stereocenters. The lowest BCUT2D eigenvalue weighted by Crippen LogP contribution is -2.39. The highest BCUT2D eigenvalue weighted by molar-refractivity contribution is 5.80. The van der Waals surface area contributed by atoms with Gasteiger partial charge in [-0.15, -0.1) is 0 Å². The smallest absolute Gasteiger partial charge is 0.226 e. The Kier molecular flexibility index (Phi) is 5.80. The number of likely N-dealkylation sites (tertiary alicyclic amines) is 1. The topological polar surface area (TPSA) is 87.2 Å². The molecule has 0 radical (unpaired) electrons. The van der Waals surface area contributed by atoms with Crippen LogP contribution in [0.1, 0.15) is 50.3 Å². The van der Waals surface area contributed by atoms with E-state index in [9.17, 15) is 4.79 Å². The average molecular weight is 399 g/mol. The lowest BCUT2D eigenvalue weighted by atomic mass is 9.86. The van der Waals surface area contributed by atoms with Gasteiger partial charge in [0.1, 0.15) is 0 Å². The zero-order valence-electron chi connectivity index (χ0n) is 17.5. The summed E-state index contributed by atoms with van der Waals surface area (Å²) in [4.78, 5) is 26.3. The van der Waals surface area contributed by atoms with Gasteiger partial charge in [0, 0.05) is 45.4 Å². The van der Waals surface area contributed by atoms with Crippen LogP contribution in [0.2, 0.25) is 0 Å². The van der Waals surface area contributed by atoms with Crippen molar-refractivity contribution in [3.63, 3.8) is 0 Å². The standard InChI is InChI=1S/C21H30N6O2/c1-26(2)21-22-10-9-17(24-21)16-13-23-25-19(16)18-8-5-11-27(18)20(28)14-6-4-7-15(12-14)29-3/h9-10,13-15,18H,4-8,11-12H2,1-3H3,(H,23,25)/t14-,15-,18-/m1/s1. The van der Waals surface area contributed by atoms with E-state index in [0.717, 1.165) is 62.0 Å². The lowest BCUT2D eigenvalue weighted by Gasteiger charge is -2.33. The fourth-order valence-electron chi connectivity index (χ4n) is 4.62. The van der Waals surface area contributed by atoms with Gasteiger partial charge in [-0.05, 0) is 38.2 Å². The molecule has 1 N–H and O–H groups in total. The van der Waals surface area contributed by atoms with Crippen LogP contribution in [0.25, 0.3) is 11.3 Å². The number of carbonyl (C=O) groups excluding carboxylic acids is 1. The number of hydrogen-bond donors (Lipinski definition) is 1. The Bertz CT molecular complexity index is 851. The van der Waals surface area contributed by atoms with Gasteiger partial charge < -0.3 is 14.5 Å². The number of hydrogen-bond acceptors (Lipinski definition) is 6. The summed E-state index contributed by atoms with van der Waals surface area (Å²) in [6.07, 6.45) is 9.59. The van der Waals surface area contributed by atoms with Crippen LogP contribution in [-0.4, -0.2) is 64.8 Å². The van der Waals surface area contributed by atoms with Crippen LogP contribution < -0.4 is 4.90 Å². The Balaban J connectivity index is 1.58. The highest BCUT2D eigenvalue weighted by Gasteiger charge is 2.38. The molecule has 29 heavy (non-hydrogen) atoms. The first-order chi connectivity index (χ1) is 14.1. The molecule has 1 aliphatic heterocycles. The summed E-state index contributed by atoms with van der Waals surface area (Å²) >= 11 is 0. The van der Waals surface area contributed by atoms with Gasteiger partial charge in [-0.1, -0.05) is 6.42 Å². The molecule has 4 rings (SSSR count). The van der Waals surface area contributed by atoms with Gasteiger partial charge in [0.05, 0.1) is 29.7 Å². The minimum Gasteiger partial charge on any atom is -0.381 e. The Morgan fingerprint density at radius 3 is 2.93 bits per heavy atom. The maximum Gasteiger partial charge on any atom is 0.226 e. The Hall–Kier alpha value is -2.48. The first kappa shape index (κ1) is 19.8. The number of nitrogens with one attached hydrogen (secondary N) is 1. The summed E-state index contributed by atoms with van der Waals surface area (Å²) in [6.45, 7) is 0.794. The van der Waals surface area contributed by atoms with Gasteiger partial charge in [-0.3, -0.25) is 9.89 Å². The number of nitrogens with zero attached hydrogens (tertiary/aromatic N) is 5.